The molecule has 1 aromatic heterocycles. The Labute approximate surface area is 205 Å². The Hall–Kier alpha value is -2.74. The molecule has 2 aliphatic rings. The Balaban J connectivity index is 0.000000471. The summed E-state index contributed by atoms with van der Waals surface area (Å²) in [4.78, 5) is 28.4. The molecule has 1 saturated carbocycles. The maximum Gasteiger partial charge on any atom is 0.213 e. The van der Waals surface area contributed by atoms with Crippen LogP contribution in [0.15, 0.2) is 71.3 Å². The van der Waals surface area contributed by atoms with Gasteiger partial charge >= 0.3 is 0 Å². The molecule has 0 bridgehead atoms. The van der Waals surface area contributed by atoms with Gasteiger partial charge in [0.2, 0.25) is 12.0 Å². The maximum atomic E-state index is 13.2. The Morgan fingerprint density at radius 2 is 1.82 bits per heavy atom. The normalized spacial score (nSPS) is 24.8. The number of halogens is 2. The quantitative estimate of drug-likeness (QED) is 0.508. The number of Topliss-reactive ketones (excluding diaryl/α,β-unsaturated/α-hetero) is 1. The molecular formula is C25H22BrClN2O4. The number of hydrogen-bond acceptors (Lipinski definition) is 5. The lowest BCUT2D eigenvalue weighted by atomic mass is 9.72. The van der Waals surface area contributed by atoms with Gasteiger partial charge in [0.15, 0.2) is 11.4 Å². The number of carbonyl (C=O) groups excluding carboxylic acids is 2. The fourth-order valence-corrected chi connectivity index (χ4v) is 4.95. The number of fused-ring (bicyclic) bond motifs is 3. The van der Waals surface area contributed by atoms with Crippen molar-refractivity contribution in [1.29, 1.82) is 0 Å². The third kappa shape index (κ3) is 3.74. The molecule has 3 atom stereocenters. The van der Waals surface area contributed by atoms with Gasteiger partial charge in [-0.1, -0.05) is 70.0 Å². The molecule has 0 spiro atoms. The second-order valence-corrected chi connectivity index (χ2v) is 9.57. The van der Waals surface area contributed by atoms with Crippen LogP contribution in [0.2, 0.25) is 5.02 Å². The molecule has 1 fully saturated rings. The van der Waals surface area contributed by atoms with Crippen molar-refractivity contribution in [3.63, 3.8) is 0 Å². The minimum atomic E-state index is -1.89. The van der Waals surface area contributed by atoms with Gasteiger partial charge in [0.1, 0.15) is 11.4 Å². The first kappa shape index (κ1) is 23.4. The third-order valence-electron chi connectivity index (χ3n) is 5.94. The molecule has 2 aromatic carbocycles. The maximum absolute atomic E-state index is 13.2. The van der Waals surface area contributed by atoms with Crippen LogP contribution < -0.4 is 4.74 Å². The number of nitrogens with zero attached hydrogens (tertiary/aromatic N) is 2. The molecule has 2 heterocycles. The van der Waals surface area contributed by atoms with E-state index in [0.29, 0.717) is 16.3 Å². The number of pyridine rings is 1. The first-order chi connectivity index (χ1) is 15.7. The summed E-state index contributed by atoms with van der Waals surface area (Å²) >= 11 is 9.56. The number of ether oxygens (including phenoxy) is 1. The van der Waals surface area contributed by atoms with E-state index in [2.05, 4.69) is 20.9 Å². The zero-order chi connectivity index (χ0) is 23.8. The van der Waals surface area contributed by atoms with Crippen LogP contribution in [0.4, 0.5) is 0 Å². The van der Waals surface area contributed by atoms with Crippen LogP contribution in [0.1, 0.15) is 29.2 Å². The van der Waals surface area contributed by atoms with Crippen molar-refractivity contribution < 1.29 is 19.4 Å². The van der Waals surface area contributed by atoms with Crippen LogP contribution in [0.25, 0.3) is 0 Å². The molecule has 6 nitrogen and oxygen atoms in total. The van der Waals surface area contributed by atoms with Crippen molar-refractivity contribution in [3.8, 4) is 5.75 Å². The van der Waals surface area contributed by atoms with Gasteiger partial charge in [-0.25, -0.2) is 0 Å². The molecule has 1 N–H and O–H groups in total. The van der Waals surface area contributed by atoms with E-state index in [9.17, 15) is 14.7 Å². The van der Waals surface area contributed by atoms with Gasteiger partial charge in [0.05, 0.1) is 5.02 Å². The van der Waals surface area contributed by atoms with Gasteiger partial charge < -0.3 is 14.7 Å². The van der Waals surface area contributed by atoms with Gasteiger partial charge in [-0.05, 0) is 23.3 Å². The van der Waals surface area contributed by atoms with E-state index in [-0.39, 0.29) is 23.8 Å². The first-order valence-electron chi connectivity index (χ1n) is 10.3. The van der Waals surface area contributed by atoms with Gasteiger partial charge in [0, 0.05) is 43.2 Å². The summed E-state index contributed by atoms with van der Waals surface area (Å²) in [5.41, 5.74) is -1.34. The Morgan fingerprint density at radius 1 is 1.18 bits per heavy atom. The van der Waals surface area contributed by atoms with Crippen molar-refractivity contribution in [2.24, 2.45) is 0 Å². The molecule has 3 aromatic rings. The monoisotopic (exact) mass is 528 g/mol. The van der Waals surface area contributed by atoms with Crippen LogP contribution in [0, 0.1) is 0 Å². The number of aliphatic hydroxyl groups is 1. The lowest BCUT2D eigenvalue weighted by molar-refractivity contribution is -0.151. The van der Waals surface area contributed by atoms with Crippen molar-refractivity contribution in [1.82, 2.24) is 9.88 Å². The highest BCUT2D eigenvalue weighted by atomic mass is 79.9. The summed E-state index contributed by atoms with van der Waals surface area (Å²) in [6, 6.07) is 18.8. The lowest BCUT2D eigenvalue weighted by Crippen LogP contribution is -2.51. The molecule has 0 saturated heterocycles. The largest absolute Gasteiger partial charge is 0.476 e. The molecule has 1 amide bonds. The fraction of sp³-hybridized carbons (Fsp3) is 0.240. The van der Waals surface area contributed by atoms with Gasteiger partial charge in [0.25, 0.3) is 0 Å². The number of carbonyl (C=O) groups is 2. The number of aromatic nitrogens is 1. The van der Waals surface area contributed by atoms with Crippen molar-refractivity contribution in [2.45, 2.75) is 23.5 Å². The van der Waals surface area contributed by atoms with Crippen LogP contribution in [0.5, 0.6) is 5.75 Å². The summed E-state index contributed by atoms with van der Waals surface area (Å²) in [6.45, 7) is 0. The summed E-state index contributed by atoms with van der Waals surface area (Å²) in [5.74, 6) is -0.343. The average Bonchev–Trinajstić information content (AvgIpc) is 3.20. The highest BCUT2D eigenvalue weighted by molar-refractivity contribution is 9.10. The highest BCUT2D eigenvalue weighted by Crippen LogP contribution is 2.64. The van der Waals surface area contributed by atoms with Crippen molar-refractivity contribution in [3.05, 3.63) is 93.2 Å². The SMILES string of the molecule is CN(C)C=O.O=C1CC(c2ccccc2)C2(c3ccc(Br)cc3)Oc3cc(Cl)cnc3C12O. The number of benzene rings is 2. The van der Waals surface area contributed by atoms with Crippen LogP contribution >= 0.6 is 27.5 Å². The van der Waals surface area contributed by atoms with Crippen molar-refractivity contribution in [2.75, 3.05) is 14.1 Å². The summed E-state index contributed by atoms with van der Waals surface area (Å²) in [5, 5.41) is 12.2. The summed E-state index contributed by atoms with van der Waals surface area (Å²) < 4.78 is 7.33. The number of ketones is 1. The standard InChI is InChI=1S/C22H15BrClNO3.C3H7NO/c23-15-8-6-14(7-9-15)22-17(13-4-2-1-3-5-13)11-19(26)21(22,27)20-18(28-22)10-16(24)12-25-20;1-4(2)3-5/h1-10,12,17,27H,11H2;3H,1-2H3. The number of hydrogen-bond donors (Lipinski definition) is 1. The van der Waals surface area contributed by atoms with Gasteiger partial charge in [-0.3, -0.25) is 14.6 Å². The molecule has 8 heteroatoms. The molecule has 33 heavy (non-hydrogen) atoms. The fourth-order valence-electron chi connectivity index (χ4n) is 4.54. The average molecular weight is 530 g/mol. The molecule has 1 aliphatic carbocycles. The second-order valence-electron chi connectivity index (χ2n) is 8.21. The van der Waals surface area contributed by atoms with E-state index in [1.807, 2.05) is 54.6 Å². The topological polar surface area (TPSA) is 79.7 Å². The predicted molar refractivity (Wildman–Crippen MR) is 128 cm³/mol. The minimum absolute atomic E-state index is 0.153. The van der Waals surface area contributed by atoms with E-state index in [0.717, 1.165) is 16.4 Å². The molecular weight excluding hydrogens is 508 g/mol. The minimum Gasteiger partial charge on any atom is -0.476 e. The number of rotatable bonds is 3. The van der Waals surface area contributed by atoms with Crippen molar-refractivity contribution >= 4 is 39.7 Å². The smallest absolute Gasteiger partial charge is 0.213 e. The van der Waals surface area contributed by atoms with Gasteiger partial charge in [-0.2, -0.15) is 0 Å². The van der Waals surface area contributed by atoms with Gasteiger partial charge in [-0.15, -0.1) is 0 Å². The van der Waals surface area contributed by atoms with E-state index < -0.39 is 11.2 Å². The first-order valence-corrected chi connectivity index (χ1v) is 11.4. The zero-order valence-electron chi connectivity index (χ0n) is 18.0. The third-order valence-corrected chi connectivity index (χ3v) is 6.68. The molecule has 3 unspecified atom stereocenters. The molecule has 170 valence electrons. The Morgan fingerprint density at radius 3 is 2.42 bits per heavy atom. The van der Waals surface area contributed by atoms with E-state index in [1.54, 1.807) is 20.2 Å². The number of amides is 1. The predicted octanol–water partition coefficient (Wildman–Crippen LogP) is 4.43. The highest BCUT2D eigenvalue weighted by Gasteiger charge is 2.73. The Kier molecular flexibility index (Phi) is 6.31. The zero-order valence-corrected chi connectivity index (χ0v) is 20.4. The van der Waals surface area contributed by atoms with Crippen LogP contribution in [-0.4, -0.2) is 41.3 Å². The lowest BCUT2D eigenvalue weighted by Gasteiger charge is -2.38. The molecule has 5 rings (SSSR count). The van der Waals surface area contributed by atoms with E-state index in [4.69, 9.17) is 16.3 Å². The summed E-state index contributed by atoms with van der Waals surface area (Å²) in [7, 11) is 3.38. The summed E-state index contributed by atoms with van der Waals surface area (Å²) in [6.07, 6.45) is 2.34. The second kappa shape index (κ2) is 8.89. The van der Waals surface area contributed by atoms with Crippen LogP contribution in [0.3, 0.4) is 0 Å². The molecule has 1 aliphatic heterocycles. The Bertz CT molecular complexity index is 1190. The van der Waals surface area contributed by atoms with E-state index >= 15 is 0 Å². The van der Waals surface area contributed by atoms with Crippen LogP contribution in [-0.2, 0) is 20.8 Å². The van der Waals surface area contributed by atoms with E-state index in [1.165, 1.54) is 11.1 Å². The molecule has 0 radical (unpaired) electrons.